The molecule has 0 aromatic rings. The van der Waals surface area contributed by atoms with Crippen LogP contribution >= 0.6 is 12.6 Å². The molecular formula is C20H31F9O4S2. The zero-order chi connectivity index (χ0) is 27.9. The summed E-state index contributed by atoms with van der Waals surface area (Å²) < 4.78 is 134. The molecule has 1 rings (SSSR count). The van der Waals surface area contributed by atoms with Crippen LogP contribution in [-0.2, 0) is 14.9 Å². The molecule has 4 nitrogen and oxygen atoms in total. The first-order valence-electron chi connectivity index (χ1n) is 11.1. The highest BCUT2D eigenvalue weighted by Crippen LogP contribution is 2.54. The maximum atomic E-state index is 12.8. The summed E-state index contributed by atoms with van der Waals surface area (Å²) in [5, 5.41) is -7.00. The predicted octanol–water partition coefficient (Wildman–Crippen LogP) is 7.48. The van der Waals surface area contributed by atoms with Crippen molar-refractivity contribution in [3.8, 4) is 0 Å². The van der Waals surface area contributed by atoms with Crippen molar-refractivity contribution < 1.29 is 57.3 Å². The van der Waals surface area contributed by atoms with E-state index in [9.17, 15) is 52.7 Å². The highest BCUT2D eigenvalue weighted by Gasteiger charge is 2.85. The molecule has 210 valence electrons. The minimum absolute atomic E-state index is 0.310. The van der Waals surface area contributed by atoms with Gasteiger partial charge in [0.15, 0.2) is 5.78 Å². The fraction of sp³-hybridized carbons (Fsp3) is 0.950. The SMILES string of the molecule is CCCCC(S)(CCCC)C(=O)C1CCCCC1.O=S(=O)(O)C(F)(F)C(F)(F)C(F)(F)C(F)(F)F. The fourth-order valence-electron chi connectivity index (χ4n) is 3.58. The van der Waals surface area contributed by atoms with Gasteiger partial charge in [0.2, 0.25) is 0 Å². The van der Waals surface area contributed by atoms with Gasteiger partial charge in [-0.25, -0.2) is 0 Å². The Morgan fingerprint density at radius 1 is 0.829 bits per heavy atom. The molecule has 0 bridgehead atoms. The van der Waals surface area contributed by atoms with Crippen LogP contribution in [0.15, 0.2) is 0 Å². The Morgan fingerprint density at radius 2 is 1.23 bits per heavy atom. The molecule has 0 unspecified atom stereocenters. The predicted molar refractivity (Wildman–Crippen MR) is 115 cm³/mol. The first kappa shape index (κ1) is 34.3. The van der Waals surface area contributed by atoms with Crippen LogP contribution in [0.25, 0.3) is 0 Å². The number of hydrogen-bond donors (Lipinski definition) is 2. The van der Waals surface area contributed by atoms with Crippen LogP contribution in [0.2, 0.25) is 0 Å². The number of Topliss-reactive ketones (excluding diaryl/α,β-unsaturated/α-hetero) is 1. The third kappa shape index (κ3) is 8.14. The molecule has 0 heterocycles. The quantitative estimate of drug-likeness (QED) is 0.153. The summed E-state index contributed by atoms with van der Waals surface area (Å²) in [6.07, 6.45) is 5.40. The molecule has 1 aliphatic rings. The molecule has 0 atom stereocenters. The number of ketones is 1. The highest BCUT2D eigenvalue weighted by molar-refractivity contribution is 7.87. The Balaban J connectivity index is 0.000000662. The average Bonchev–Trinajstić information content (AvgIpc) is 2.75. The number of thiol groups is 1. The van der Waals surface area contributed by atoms with Crippen LogP contribution in [0, 0.1) is 5.92 Å². The fourth-order valence-corrected chi connectivity index (χ4v) is 4.53. The van der Waals surface area contributed by atoms with Crippen LogP contribution in [0.4, 0.5) is 39.5 Å². The standard InChI is InChI=1S/C16H30OS.C4HF9O3S/c1-3-5-12-16(18,13-6-4-2)15(17)14-10-8-7-9-11-14;5-1(6,3(9,10)11)2(7,8)4(12,13)17(14,15)16/h14,18H,3-13H2,1-2H3;(H,14,15,16). The number of halogens is 9. The average molecular weight is 571 g/mol. The molecule has 0 aromatic carbocycles. The second-order valence-corrected chi connectivity index (χ2v) is 10.9. The molecule has 0 saturated heterocycles. The summed E-state index contributed by atoms with van der Waals surface area (Å²) in [6.45, 7) is 4.39. The van der Waals surface area contributed by atoms with Crippen molar-refractivity contribution in [3.63, 3.8) is 0 Å². The lowest BCUT2D eigenvalue weighted by Gasteiger charge is -2.33. The number of hydrogen-bond acceptors (Lipinski definition) is 4. The van der Waals surface area contributed by atoms with Crippen molar-refractivity contribution in [3.05, 3.63) is 0 Å². The maximum absolute atomic E-state index is 12.8. The van der Waals surface area contributed by atoms with E-state index in [2.05, 4.69) is 13.8 Å². The van der Waals surface area contributed by atoms with Gasteiger partial charge in [0.05, 0.1) is 4.75 Å². The van der Waals surface area contributed by atoms with Gasteiger partial charge in [0, 0.05) is 5.92 Å². The van der Waals surface area contributed by atoms with Crippen LogP contribution in [0.1, 0.15) is 84.5 Å². The smallest absolute Gasteiger partial charge is 0.298 e. The molecule has 15 heteroatoms. The van der Waals surface area contributed by atoms with E-state index < -0.39 is 33.4 Å². The molecular weight excluding hydrogens is 539 g/mol. The van der Waals surface area contributed by atoms with Crippen LogP contribution in [-0.4, -0.2) is 46.8 Å². The third-order valence-electron chi connectivity index (χ3n) is 5.76. The van der Waals surface area contributed by atoms with Gasteiger partial charge in [-0.1, -0.05) is 58.8 Å². The molecule has 0 spiro atoms. The van der Waals surface area contributed by atoms with Gasteiger partial charge in [0.25, 0.3) is 0 Å². The van der Waals surface area contributed by atoms with Crippen LogP contribution < -0.4 is 0 Å². The first-order valence-corrected chi connectivity index (χ1v) is 13.0. The van der Waals surface area contributed by atoms with Gasteiger partial charge in [-0.15, -0.1) is 0 Å². The Morgan fingerprint density at radius 3 is 1.54 bits per heavy atom. The monoisotopic (exact) mass is 570 g/mol. The van der Waals surface area contributed by atoms with E-state index in [4.69, 9.17) is 17.2 Å². The summed E-state index contributed by atoms with van der Waals surface area (Å²) in [4.78, 5) is 12.8. The molecule has 0 aromatic heterocycles. The molecule has 1 saturated carbocycles. The van der Waals surface area contributed by atoms with E-state index in [1.165, 1.54) is 19.3 Å². The minimum Gasteiger partial charge on any atom is -0.298 e. The van der Waals surface area contributed by atoms with Gasteiger partial charge in [-0.05, 0) is 25.7 Å². The zero-order valence-corrected chi connectivity index (χ0v) is 21.0. The van der Waals surface area contributed by atoms with Crippen molar-refractivity contribution >= 4 is 28.5 Å². The summed E-state index contributed by atoms with van der Waals surface area (Å²) in [7, 11) is -7.17. The summed E-state index contributed by atoms with van der Waals surface area (Å²) >= 11 is 4.84. The third-order valence-corrected chi connectivity index (χ3v) is 7.33. The molecule has 1 N–H and O–H groups in total. The Hall–Kier alpha value is -0.700. The van der Waals surface area contributed by atoms with Crippen molar-refractivity contribution in [1.29, 1.82) is 0 Å². The van der Waals surface area contributed by atoms with Crippen LogP contribution in [0.5, 0.6) is 0 Å². The van der Waals surface area contributed by atoms with Crippen LogP contribution in [0.3, 0.4) is 0 Å². The van der Waals surface area contributed by atoms with E-state index in [0.29, 0.717) is 11.7 Å². The Labute approximate surface area is 204 Å². The number of unbranched alkanes of at least 4 members (excludes halogenated alkanes) is 2. The molecule has 35 heavy (non-hydrogen) atoms. The lowest BCUT2D eigenvalue weighted by atomic mass is 9.78. The van der Waals surface area contributed by atoms with E-state index in [1.807, 2.05) is 0 Å². The highest BCUT2D eigenvalue weighted by atomic mass is 32.2. The molecule has 0 amide bonds. The van der Waals surface area contributed by atoms with Crippen molar-refractivity contribution in [2.24, 2.45) is 5.92 Å². The van der Waals surface area contributed by atoms with E-state index in [1.54, 1.807) is 0 Å². The Kier molecular flexibility index (Phi) is 12.4. The van der Waals surface area contributed by atoms with Crippen molar-refractivity contribution in [2.45, 2.75) is 112 Å². The molecule has 0 radical (unpaired) electrons. The minimum atomic E-state index is -7.37. The lowest BCUT2D eigenvalue weighted by molar-refractivity contribution is -0.382. The number of carbonyl (C=O) groups excluding carboxylic acids is 1. The second-order valence-electron chi connectivity index (χ2n) is 8.58. The zero-order valence-electron chi connectivity index (χ0n) is 19.3. The van der Waals surface area contributed by atoms with Gasteiger partial charge < -0.3 is 0 Å². The Bertz CT molecular complexity index is 770. The first-order chi connectivity index (χ1) is 15.6. The lowest BCUT2D eigenvalue weighted by Crippen LogP contribution is -2.63. The van der Waals surface area contributed by atoms with Gasteiger partial charge >= 0.3 is 33.4 Å². The summed E-state index contributed by atoms with van der Waals surface area (Å²) in [6, 6.07) is 0. The topological polar surface area (TPSA) is 71.4 Å². The summed E-state index contributed by atoms with van der Waals surface area (Å²) in [5.41, 5.74) is 0. The second kappa shape index (κ2) is 12.7. The van der Waals surface area contributed by atoms with E-state index >= 15 is 0 Å². The number of alkyl halides is 9. The van der Waals surface area contributed by atoms with Crippen molar-refractivity contribution in [1.82, 2.24) is 0 Å². The van der Waals surface area contributed by atoms with Gasteiger partial charge in [-0.2, -0.15) is 60.6 Å². The summed E-state index contributed by atoms with van der Waals surface area (Å²) in [5.74, 6) is -13.9. The normalized spacial score (nSPS) is 17.1. The molecule has 1 fully saturated rings. The molecule has 1 aliphatic carbocycles. The molecule has 0 aliphatic heterocycles. The van der Waals surface area contributed by atoms with Gasteiger partial charge in [0.1, 0.15) is 0 Å². The van der Waals surface area contributed by atoms with E-state index in [0.717, 1.165) is 51.4 Å². The van der Waals surface area contributed by atoms with E-state index in [-0.39, 0.29) is 4.75 Å². The number of carbonyl (C=O) groups is 1. The maximum Gasteiger partial charge on any atom is 0.460 e. The van der Waals surface area contributed by atoms with Gasteiger partial charge in [-0.3, -0.25) is 9.35 Å². The van der Waals surface area contributed by atoms with Crippen molar-refractivity contribution in [2.75, 3.05) is 0 Å². The number of rotatable bonds is 11. The largest absolute Gasteiger partial charge is 0.460 e.